The summed E-state index contributed by atoms with van der Waals surface area (Å²) in [7, 11) is 0.249. The monoisotopic (exact) mass is 375 g/mol. The van der Waals surface area contributed by atoms with Crippen LogP contribution in [0.2, 0.25) is 6.32 Å². The van der Waals surface area contributed by atoms with E-state index in [1.165, 1.54) is 69.0 Å². The van der Waals surface area contributed by atoms with Crippen LogP contribution in [0.4, 0.5) is 0 Å². The van der Waals surface area contributed by atoms with E-state index < -0.39 is 0 Å². The number of rotatable bonds is 9. The maximum Gasteiger partial charge on any atom is 0.383 e. The van der Waals surface area contributed by atoms with Crippen molar-refractivity contribution < 1.29 is 4.65 Å². The molecule has 4 rings (SSSR count). The van der Waals surface area contributed by atoms with Crippen LogP contribution in [-0.4, -0.2) is 24.4 Å². The highest BCUT2D eigenvalue weighted by Gasteiger charge is 2.57. The van der Waals surface area contributed by atoms with Gasteiger partial charge in [-0.2, -0.15) is 0 Å². The molecule has 0 N–H and O–H groups in total. The summed E-state index contributed by atoms with van der Waals surface area (Å²) in [4.78, 5) is 2.67. The van der Waals surface area contributed by atoms with E-state index in [4.69, 9.17) is 4.65 Å². The van der Waals surface area contributed by atoms with Crippen LogP contribution in [0.3, 0.4) is 0 Å². The molecule has 148 valence electrons. The highest BCUT2D eigenvalue weighted by Crippen LogP contribution is 2.49. The molecule has 2 saturated heterocycles. The van der Waals surface area contributed by atoms with Gasteiger partial charge in [0, 0.05) is 6.04 Å². The zero-order valence-electron chi connectivity index (χ0n) is 17.4. The standard InChI is InChI=1S/C25H34BNO/c1-2-3-4-5-6-13-20-26-27-21-14-19-24(27)25(28-26,22-15-9-7-10-16-22)23-17-11-8-12-18-23/h7-12,15-18,24H,2-6,13-14,19-21H2,1H3. The molecule has 0 spiro atoms. The highest BCUT2D eigenvalue weighted by molar-refractivity contribution is 6.49. The lowest BCUT2D eigenvalue weighted by atomic mass is 9.74. The third kappa shape index (κ3) is 3.80. The van der Waals surface area contributed by atoms with Crippen molar-refractivity contribution in [3.05, 3.63) is 71.8 Å². The predicted octanol–water partition coefficient (Wildman–Crippen LogP) is 6.27. The van der Waals surface area contributed by atoms with E-state index in [0.29, 0.717) is 6.04 Å². The Balaban J connectivity index is 1.57. The SMILES string of the molecule is CCCCCCCCB1OC(c2ccccc2)(c2ccccc2)C2CCCN12. The molecular weight excluding hydrogens is 341 g/mol. The van der Waals surface area contributed by atoms with Crippen molar-refractivity contribution in [3.63, 3.8) is 0 Å². The second-order valence-corrected chi connectivity index (χ2v) is 8.49. The summed E-state index contributed by atoms with van der Waals surface area (Å²) >= 11 is 0. The van der Waals surface area contributed by atoms with Crippen molar-refractivity contribution in [2.45, 2.75) is 76.3 Å². The Morgan fingerprint density at radius 1 is 0.893 bits per heavy atom. The second kappa shape index (κ2) is 9.28. The minimum absolute atomic E-state index is 0.249. The molecular formula is C25H34BNO. The second-order valence-electron chi connectivity index (χ2n) is 8.49. The minimum Gasteiger partial charge on any atom is -0.406 e. The number of unbranched alkanes of at least 4 members (excludes halogenated alkanes) is 5. The Hall–Kier alpha value is -1.58. The van der Waals surface area contributed by atoms with Crippen molar-refractivity contribution in [1.29, 1.82) is 0 Å². The first-order valence-corrected chi connectivity index (χ1v) is 11.4. The van der Waals surface area contributed by atoms with Crippen LogP contribution in [0.5, 0.6) is 0 Å². The van der Waals surface area contributed by atoms with E-state index in [1.54, 1.807) is 0 Å². The quantitative estimate of drug-likeness (QED) is 0.378. The number of hydrogen-bond donors (Lipinski definition) is 0. The van der Waals surface area contributed by atoms with Gasteiger partial charge in [0.1, 0.15) is 5.60 Å². The van der Waals surface area contributed by atoms with E-state index in [1.807, 2.05) is 0 Å². The molecule has 0 saturated carbocycles. The van der Waals surface area contributed by atoms with Crippen LogP contribution in [0.1, 0.15) is 69.4 Å². The molecule has 0 bridgehead atoms. The first-order chi connectivity index (χ1) is 13.9. The van der Waals surface area contributed by atoms with Crippen LogP contribution in [-0.2, 0) is 10.3 Å². The van der Waals surface area contributed by atoms with E-state index in [9.17, 15) is 0 Å². The molecule has 2 aliphatic rings. The van der Waals surface area contributed by atoms with Crippen LogP contribution in [0.25, 0.3) is 0 Å². The molecule has 0 aliphatic carbocycles. The van der Waals surface area contributed by atoms with Gasteiger partial charge in [-0.25, -0.2) is 0 Å². The first-order valence-electron chi connectivity index (χ1n) is 11.4. The fourth-order valence-corrected chi connectivity index (χ4v) is 5.31. The molecule has 0 radical (unpaired) electrons. The van der Waals surface area contributed by atoms with Crippen LogP contribution in [0.15, 0.2) is 60.7 Å². The summed E-state index contributed by atoms with van der Waals surface area (Å²) in [6.07, 6.45) is 11.7. The topological polar surface area (TPSA) is 12.5 Å². The Morgan fingerprint density at radius 2 is 1.50 bits per heavy atom. The summed E-state index contributed by atoms with van der Waals surface area (Å²) in [6, 6.07) is 22.3. The zero-order valence-corrected chi connectivity index (χ0v) is 17.4. The van der Waals surface area contributed by atoms with E-state index in [0.717, 1.165) is 6.32 Å². The van der Waals surface area contributed by atoms with Crippen molar-refractivity contribution in [3.8, 4) is 0 Å². The van der Waals surface area contributed by atoms with Gasteiger partial charge in [0.15, 0.2) is 0 Å². The highest BCUT2D eigenvalue weighted by atomic mass is 16.5. The molecule has 2 heterocycles. The van der Waals surface area contributed by atoms with Gasteiger partial charge in [0.05, 0.1) is 0 Å². The average Bonchev–Trinajstić information content (AvgIpc) is 3.35. The van der Waals surface area contributed by atoms with Crippen molar-refractivity contribution >= 4 is 7.05 Å². The van der Waals surface area contributed by atoms with Crippen molar-refractivity contribution in [1.82, 2.24) is 4.81 Å². The number of nitrogens with zero attached hydrogens (tertiary/aromatic N) is 1. The molecule has 2 aromatic rings. The summed E-state index contributed by atoms with van der Waals surface area (Å²) in [5.74, 6) is 0. The van der Waals surface area contributed by atoms with Gasteiger partial charge < -0.3 is 9.47 Å². The fourth-order valence-electron chi connectivity index (χ4n) is 5.31. The Kier molecular flexibility index (Phi) is 6.54. The lowest BCUT2D eigenvalue weighted by Gasteiger charge is -2.36. The molecule has 0 aromatic heterocycles. The molecule has 3 heteroatoms. The Morgan fingerprint density at radius 3 is 2.14 bits per heavy atom. The normalized spacial score (nSPS) is 21.2. The van der Waals surface area contributed by atoms with E-state index in [2.05, 4.69) is 72.4 Å². The Bertz CT molecular complexity index is 680. The van der Waals surface area contributed by atoms with Crippen LogP contribution >= 0.6 is 0 Å². The molecule has 0 amide bonds. The first kappa shape index (κ1) is 19.7. The number of benzene rings is 2. The third-order valence-electron chi connectivity index (χ3n) is 6.67. The molecule has 28 heavy (non-hydrogen) atoms. The van der Waals surface area contributed by atoms with Gasteiger partial charge in [-0.05, 0) is 36.8 Å². The van der Waals surface area contributed by atoms with Crippen LogP contribution < -0.4 is 0 Å². The lowest BCUT2D eigenvalue weighted by molar-refractivity contribution is 0.105. The maximum atomic E-state index is 7.04. The number of hydrogen-bond acceptors (Lipinski definition) is 2. The van der Waals surface area contributed by atoms with Gasteiger partial charge in [-0.15, -0.1) is 0 Å². The molecule has 1 atom stereocenters. The molecule has 2 fully saturated rings. The van der Waals surface area contributed by atoms with Gasteiger partial charge >= 0.3 is 7.05 Å². The third-order valence-corrected chi connectivity index (χ3v) is 6.67. The molecule has 2 nitrogen and oxygen atoms in total. The molecule has 1 unspecified atom stereocenters. The number of fused-ring (bicyclic) bond motifs is 1. The van der Waals surface area contributed by atoms with Gasteiger partial charge in [0.2, 0.25) is 0 Å². The minimum atomic E-state index is -0.327. The van der Waals surface area contributed by atoms with E-state index in [-0.39, 0.29) is 12.7 Å². The summed E-state index contributed by atoms with van der Waals surface area (Å²) in [5.41, 5.74) is 2.29. The van der Waals surface area contributed by atoms with Crippen molar-refractivity contribution in [2.75, 3.05) is 6.54 Å². The van der Waals surface area contributed by atoms with Gasteiger partial charge in [-0.3, -0.25) is 0 Å². The van der Waals surface area contributed by atoms with E-state index >= 15 is 0 Å². The van der Waals surface area contributed by atoms with Crippen molar-refractivity contribution in [2.24, 2.45) is 0 Å². The smallest absolute Gasteiger partial charge is 0.383 e. The molecule has 2 aromatic carbocycles. The summed E-state index contributed by atoms with van der Waals surface area (Å²) in [6.45, 7) is 3.46. The fraction of sp³-hybridized carbons (Fsp3) is 0.520. The zero-order chi connectivity index (χ0) is 19.2. The van der Waals surface area contributed by atoms with Crippen LogP contribution in [0, 0.1) is 0 Å². The van der Waals surface area contributed by atoms with Gasteiger partial charge in [-0.1, -0.05) is 106 Å². The lowest BCUT2D eigenvalue weighted by Crippen LogP contribution is -2.41. The molecule has 2 aliphatic heterocycles. The van der Waals surface area contributed by atoms with Gasteiger partial charge in [0.25, 0.3) is 0 Å². The predicted molar refractivity (Wildman–Crippen MR) is 118 cm³/mol. The summed E-state index contributed by atoms with van der Waals surface area (Å²) in [5, 5.41) is 0. The Labute approximate surface area is 171 Å². The maximum absolute atomic E-state index is 7.04. The largest absolute Gasteiger partial charge is 0.406 e. The average molecular weight is 375 g/mol. The summed E-state index contributed by atoms with van der Waals surface area (Å²) < 4.78 is 7.04.